The Kier molecular flexibility index (Phi) is 3.74. The van der Waals surface area contributed by atoms with Gasteiger partial charge in [-0.2, -0.15) is 4.98 Å². The van der Waals surface area contributed by atoms with Crippen LogP contribution in [0.15, 0.2) is 11.1 Å². The molecule has 112 valence electrons. The molecule has 0 aliphatic rings. The number of methoxy groups -OCH3 is 1. The molecule has 9 nitrogen and oxygen atoms in total. The molecule has 0 saturated heterocycles. The van der Waals surface area contributed by atoms with Gasteiger partial charge in [-0.05, 0) is 0 Å². The molecule has 2 aromatic rings. The normalized spacial score (nSPS) is 11.0. The first kappa shape index (κ1) is 14.7. The molecule has 0 fully saturated rings. The molecule has 0 spiro atoms. The average molecular weight is 293 g/mol. The second kappa shape index (κ2) is 5.35. The number of nitrogen functional groups attached to an aromatic ring is 1. The van der Waals surface area contributed by atoms with E-state index in [1.165, 1.54) is 18.0 Å². The summed E-state index contributed by atoms with van der Waals surface area (Å²) < 4.78 is 6.67. The summed E-state index contributed by atoms with van der Waals surface area (Å²) in [4.78, 5) is 43.5. The van der Waals surface area contributed by atoms with E-state index in [2.05, 4.69) is 14.7 Å². The van der Waals surface area contributed by atoms with Gasteiger partial charge in [0.05, 0.1) is 13.4 Å². The van der Waals surface area contributed by atoms with E-state index in [-0.39, 0.29) is 23.7 Å². The van der Waals surface area contributed by atoms with Crippen LogP contribution in [0, 0.1) is 5.92 Å². The summed E-state index contributed by atoms with van der Waals surface area (Å²) in [6, 6.07) is 0. The maximum atomic E-state index is 12.3. The lowest BCUT2D eigenvalue weighted by atomic mass is 10.2. The van der Waals surface area contributed by atoms with Crippen LogP contribution in [0.3, 0.4) is 0 Å². The highest BCUT2D eigenvalue weighted by Gasteiger charge is 2.21. The molecule has 2 aromatic heterocycles. The first-order valence-corrected chi connectivity index (χ1v) is 6.21. The molecule has 0 aliphatic carbocycles. The zero-order valence-corrected chi connectivity index (χ0v) is 11.9. The van der Waals surface area contributed by atoms with E-state index in [1.54, 1.807) is 13.8 Å². The topological polar surface area (TPSA) is 122 Å². The van der Waals surface area contributed by atoms with E-state index in [4.69, 9.17) is 5.73 Å². The standard InChI is InChI=1S/C12H15N5O4/c1-6(2)10(19)17-11(20)8-9(15-12(17)13)16(5-14-8)4-7(18)21-3/h5-6H,4H2,1-3H3,(H2,13,15). The van der Waals surface area contributed by atoms with Crippen molar-refractivity contribution in [1.29, 1.82) is 0 Å². The highest BCUT2D eigenvalue weighted by molar-refractivity contribution is 5.86. The van der Waals surface area contributed by atoms with Crippen LogP contribution in [0.4, 0.5) is 5.95 Å². The number of fused-ring (bicyclic) bond motifs is 1. The van der Waals surface area contributed by atoms with Crippen LogP contribution in [0.5, 0.6) is 0 Å². The van der Waals surface area contributed by atoms with Crippen molar-refractivity contribution in [2.24, 2.45) is 5.92 Å². The summed E-state index contributed by atoms with van der Waals surface area (Å²) in [6.07, 6.45) is 1.28. The van der Waals surface area contributed by atoms with Crippen LogP contribution < -0.4 is 11.3 Å². The van der Waals surface area contributed by atoms with Crippen molar-refractivity contribution < 1.29 is 14.3 Å². The fourth-order valence-corrected chi connectivity index (χ4v) is 1.80. The predicted molar refractivity (Wildman–Crippen MR) is 73.7 cm³/mol. The fourth-order valence-electron chi connectivity index (χ4n) is 1.80. The highest BCUT2D eigenvalue weighted by atomic mass is 16.5. The minimum Gasteiger partial charge on any atom is -0.468 e. The van der Waals surface area contributed by atoms with Crippen LogP contribution in [0.1, 0.15) is 18.6 Å². The Balaban J connectivity index is 2.63. The van der Waals surface area contributed by atoms with Gasteiger partial charge in [-0.3, -0.25) is 14.4 Å². The number of anilines is 1. The van der Waals surface area contributed by atoms with E-state index in [0.717, 1.165) is 4.57 Å². The first-order chi connectivity index (χ1) is 9.86. The molecule has 2 rings (SSSR count). The Morgan fingerprint density at radius 2 is 2.10 bits per heavy atom. The molecule has 2 N–H and O–H groups in total. The lowest BCUT2D eigenvalue weighted by Gasteiger charge is -2.10. The fraction of sp³-hybridized carbons (Fsp3) is 0.417. The summed E-state index contributed by atoms with van der Waals surface area (Å²) in [5, 5.41) is 0. The van der Waals surface area contributed by atoms with Gasteiger partial charge in [-0.25, -0.2) is 9.55 Å². The Hall–Kier alpha value is -2.71. The predicted octanol–water partition coefficient (Wildman–Crippen LogP) is -0.356. The van der Waals surface area contributed by atoms with Crippen molar-refractivity contribution in [2.75, 3.05) is 12.8 Å². The zero-order valence-electron chi connectivity index (χ0n) is 11.9. The highest BCUT2D eigenvalue weighted by Crippen LogP contribution is 2.10. The van der Waals surface area contributed by atoms with Crippen molar-refractivity contribution in [3.63, 3.8) is 0 Å². The van der Waals surface area contributed by atoms with Gasteiger partial charge in [0.15, 0.2) is 11.2 Å². The van der Waals surface area contributed by atoms with Gasteiger partial charge in [-0.15, -0.1) is 0 Å². The molecule has 0 saturated carbocycles. The van der Waals surface area contributed by atoms with Crippen molar-refractivity contribution in [1.82, 2.24) is 19.1 Å². The zero-order chi connectivity index (χ0) is 15.7. The number of carbonyl (C=O) groups is 2. The minimum absolute atomic E-state index is 0.0258. The quantitative estimate of drug-likeness (QED) is 0.767. The van der Waals surface area contributed by atoms with Crippen LogP contribution >= 0.6 is 0 Å². The molecular formula is C12H15N5O4. The monoisotopic (exact) mass is 293 g/mol. The van der Waals surface area contributed by atoms with Crippen molar-refractivity contribution >= 4 is 29.0 Å². The van der Waals surface area contributed by atoms with Gasteiger partial charge in [0.2, 0.25) is 11.9 Å². The molecular weight excluding hydrogens is 278 g/mol. The van der Waals surface area contributed by atoms with E-state index >= 15 is 0 Å². The van der Waals surface area contributed by atoms with Gasteiger partial charge in [0.25, 0.3) is 5.56 Å². The van der Waals surface area contributed by atoms with E-state index in [0.29, 0.717) is 0 Å². The number of esters is 1. The Labute approximate surface area is 119 Å². The molecule has 0 amide bonds. The molecule has 9 heteroatoms. The summed E-state index contributed by atoms with van der Waals surface area (Å²) in [5.74, 6) is -1.63. The SMILES string of the molecule is COC(=O)Cn1cnc2c(=O)n(C(=O)C(C)C)c(N)nc21. The number of nitrogens with zero attached hydrogens (tertiary/aromatic N) is 4. The summed E-state index contributed by atoms with van der Waals surface area (Å²) in [7, 11) is 1.25. The van der Waals surface area contributed by atoms with Crippen molar-refractivity contribution in [3.8, 4) is 0 Å². The second-order valence-electron chi connectivity index (χ2n) is 4.72. The molecule has 0 atom stereocenters. The Morgan fingerprint density at radius 1 is 1.43 bits per heavy atom. The van der Waals surface area contributed by atoms with Gasteiger partial charge >= 0.3 is 5.97 Å². The van der Waals surface area contributed by atoms with E-state index < -0.39 is 23.4 Å². The Morgan fingerprint density at radius 3 is 2.67 bits per heavy atom. The van der Waals surface area contributed by atoms with Crippen LogP contribution in [-0.2, 0) is 16.1 Å². The second-order valence-corrected chi connectivity index (χ2v) is 4.72. The van der Waals surface area contributed by atoms with Gasteiger partial charge in [-0.1, -0.05) is 13.8 Å². The summed E-state index contributed by atoms with van der Waals surface area (Å²) in [6.45, 7) is 3.14. The van der Waals surface area contributed by atoms with E-state index in [9.17, 15) is 14.4 Å². The van der Waals surface area contributed by atoms with E-state index in [1.807, 2.05) is 0 Å². The smallest absolute Gasteiger partial charge is 0.325 e. The first-order valence-electron chi connectivity index (χ1n) is 6.21. The Bertz CT molecular complexity index is 774. The third-order valence-electron chi connectivity index (χ3n) is 2.91. The summed E-state index contributed by atoms with van der Waals surface area (Å²) >= 11 is 0. The number of carbonyl (C=O) groups excluding carboxylic acids is 2. The molecule has 0 unspecified atom stereocenters. The number of rotatable bonds is 3. The van der Waals surface area contributed by atoms with Crippen molar-refractivity contribution in [2.45, 2.75) is 20.4 Å². The number of nitrogens with two attached hydrogens (primary N) is 1. The maximum absolute atomic E-state index is 12.3. The molecule has 2 heterocycles. The average Bonchev–Trinajstić information content (AvgIpc) is 2.81. The third kappa shape index (κ3) is 2.49. The number of imidazole rings is 1. The number of hydrogen-bond donors (Lipinski definition) is 1. The van der Waals surface area contributed by atoms with Crippen molar-refractivity contribution in [3.05, 3.63) is 16.7 Å². The van der Waals surface area contributed by atoms with Gasteiger partial charge < -0.3 is 15.0 Å². The van der Waals surface area contributed by atoms with Crippen LogP contribution in [-0.4, -0.2) is 38.1 Å². The third-order valence-corrected chi connectivity index (χ3v) is 2.91. The van der Waals surface area contributed by atoms with Crippen LogP contribution in [0.25, 0.3) is 11.2 Å². The minimum atomic E-state index is -0.653. The molecule has 0 radical (unpaired) electrons. The number of aromatic nitrogens is 4. The molecule has 0 bridgehead atoms. The molecule has 0 aliphatic heterocycles. The molecule has 0 aromatic carbocycles. The lowest BCUT2D eigenvalue weighted by Crippen LogP contribution is -2.33. The maximum Gasteiger partial charge on any atom is 0.325 e. The van der Waals surface area contributed by atoms with Crippen LogP contribution in [0.2, 0.25) is 0 Å². The molecule has 21 heavy (non-hydrogen) atoms. The lowest BCUT2D eigenvalue weighted by molar-refractivity contribution is -0.141. The van der Waals surface area contributed by atoms with Gasteiger partial charge in [0, 0.05) is 5.92 Å². The number of hydrogen-bond acceptors (Lipinski definition) is 7. The van der Waals surface area contributed by atoms with Gasteiger partial charge in [0.1, 0.15) is 6.54 Å². The number of ether oxygens (including phenoxy) is 1. The summed E-state index contributed by atoms with van der Waals surface area (Å²) in [5.41, 5.74) is 5.15. The largest absolute Gasteiger partial charge is 0.468 e.